The van der Waals surface area contributed by atoms with Crippen molar-refractivity contribution in [3.05, 3.63) is 12.7 Å². The second-order valence-electron chi connectivity index (χ2n) is 3.09. The van der Waals surface area contributed by atoms with Crippen molar-refractivity contribution < 1.29 is 4.79 Å². The number of nitrogens with two attached hydrogens (primary N) is 1. The largest absolute Gasteiger partial charge is 0.342 e. The zero-order valence-corrected chi connectivity index (χ0v) is 7.92. The number of amides is 1. The van der Waals surface area contributed by atoms with Gasteiger partial charge in [-0.1, -0.05) is 13.5 Å². The van der Waals surface area contributed by atoms with Crippen LogP contribution in [0.15, 0.2) is 12.7 Å². The van der Waals surface area contributed by atoms with Crippen molar-refractivity contribution in [3.8, 4) is 0 Å². The first-order valence-corrected chi connectivity index (χ1v) is 4.19. The lowest BCUT2D eigenvalue weighted by molar-refractivity contribution is -0.124. The first kappa shape index (κ1) is 11.2. The van der Waals surface area contributed by atoms with Gasteiger partial charge in [0.25, 0.3) is 0 Å². The molecule has 0 rings (SSSR count). The fourth-order valence-corrected chi connectivity index (χ4v) is 0.798. The molecule has 0 aliphatic carbocycles. The maximum absolute atomic E-state index is 11.0. The summed E-state index contributed by atoms with van der Waals surface area (Å²) in [7, 11) is 1.77. The second-order valence-corrected chi connectivity index (χ2v) is 3.09. The quantitative estimate of drug-likeness (QED) is 0.615. The average Bonchev–Trinajstić information content (AvgIpc) is 2.11. The summed E-state index contributed by atoms with van der Waals surface area (Å²) in [5, 5.41) is 0. The maximum Gasteiger partial charge on any atom is 0.245 e. The Morgan fingerprint density at radius 1 is 1.75 bits per heavy atom. The normalized spacial score (nSPS) is 12.2. The molecule has 1 amide bonds. The molecular formula is C9H18N2O. The van der Waals surface area contributed by atoms with E-state index in [4.69, 9.17) is 5.73 Å². The lowest BCUT2D eigenvalue weighted by atomic mass is 10.1. The standard InChI is InChI=1S/C9H18N2O/c1-4-9(12)11(3)6-5-8(2)7-10/h4,8H,1,5-7,10H2,2-3H3. The smallest absolute Gasteiger partial charge is 0.245 e. The number of carbonyl (C=O) groups excluding carboxylic acids is 1. The third-order valence-electron chi connectivity index (χ3n) is 1.91. The van der Waals surface area contributed by atoms with E-state index in [9.17, 15) is 4.79 Å². The molecule has 0 fully saturated rings. The lowest BCUT2D eigenvalue weighted by Crippen LogP contribution is -2.27. The van der Waals surface area contributed by atoms with Gasteiger partial charge in [0.05, 0.1) is 0 Å². The molecule has 3 heteroatoms. The van der Waals surface area contributed by atoms with E-state index < -0.39 is 0 Å². The van der Waals surface area contributed by atoms with Crippen LogP contribution in [0.2, 0.25) is 0 Å². The molecule has 2 N–H and O–H groups in total. The van der Waals surface area contributed by atoms with E-state index in [0.29, 0.717) is 12.5 Å². The molecule has 12 heavy (non-hydrogen) atoms. The summed E-state index contributed by atoms with van der Waals surface area (Å²) in [6.07, 6.45) is 2.28. The van der Waals surface area contributed by atoms with Gasteiger partial charge in [-0.05, 0) is 25.0 Å². The molecule has 1 atom stereocenters. The van der Waals surface area contributed by atoms with E-state index in [1.807, 2.05) is 0 Å². The minimum absolute atomic E-state index is 0.0285. The van der Waals surface area contributed by atoms with Gasteiger partial charge >= 0.3 is 0 Å². The highest BCUT2D eigenvalue weighted by Gasteiger charge is 2.05. The fraction of sp³-hybridized carbons (Fsp3) is 0.667. The Kier molecular flexibility index (Phi) is 5.37. The number of hydrogen-bond donors (Lipinski definition) is 1. The van der Waals surface area contributed by atoms with Crippen LogP contribution in [-0.4, -0.2) is 30.9 Å². The van der Waals surface area contributed by atoms with E-state index in [-0.39, 0.29) is 5.91 Å². The summed E-state index contributed by atoms with van der Waals surface area (Å²) in [5.74, 6) is 0.448. The van der Waals surface area contributed by atoms with Crippen LogP contribution in [-0.2, 0) is 4.79 Å². The van der Waals surface area contributed by atoms with Crippen molar-refractivity contribution in [2.45, 2.75) is 13.3 Å². The minimum atomic E-state index is -0.0285. The molecule has 0 aromatic heterocycles. The van der Waals surface area contributed by atoms with Crippen molar-refractivity contribution in [2.75, 3.05) is 20.1 Å². The Hall–Kier alpha value is -0.830. The number of rotatable bonds is 5. The Morgan fingerprint density at radius 2 is 2.33 bits per heavy atom. The van der Waals surface area contributed by atoms with Crippen LogP contribution in [0.1, 0.15) is 13.3 Å². The Bertz CT molecular complexity index is 157. The molecule has 0 aliphatic heterocycles. The molecule has 0 saturated heterocycles. The molecular weight excluding hydrogens is 152 g/mol. The predicted molar refractivity (Wildman–Crippen MR) is 50.7 cm³/mol. The summed E-state index contributed by atoms with van der Waals surface area (Å²) in [4.78, 5) is 12.6. The zero-order chi connectivity index (χ0) is 9.56. The van der Waals surface area contributed by atoms with Crippen LogP contribution in [0.4, 0.5) is 0 Å². The minimum Gasteiger partial charge on any atom is -0.342 e. The van der Waals surface area contributed by atoms with Gasteiger partial charge in [-0.2, -0.15) is 0 Å². The fourth-order valence-electron chi connectivity index (χ4n) is 0.798. The highest BCUT2D eigenvalue weighted by molar-refractivity contribution is 5.86. The van der Waals surface area contributed by atoms with Gasteiger partial charge in [-0.15, -0.1) is 0 Å². The van der Waals surface area contributed by atoms with Crippen molar-refractivity contribution >= 4 is 5.91 Å². The van der Waals surface area contributed by atoms with E-state index in [1.54, 1.807) is 11.9 Å². The molecule has 0 bridgehead atoms. The van der Waals surface area contributed by atoms with E-state index in [0.717, 1.165) is 13.0 Å². The van der Waals surface area contributed by atoms with Crippen LogP contribution in [0.25, 0.3) is 0 Å². The molecule has 0 aromatic carbocycles. The molecule has 3 nitrogen and oxygen atoms in total. The summed E-state index contributed by atoms with van der Waals surface area (Å²) in [5.41, 5.74) is 5.44. The predicted octanol–water partition coefficient (Wildman–Crippen LogP) is 0.616. The molecule has 70 valence electrons. The van der Waals surface area contributed by atoms with Gasteiger partial charge in [0.1, 0.15) is 0 Å². The molecule has 0 radical (unpaired) electrons. The van der Waals surface area contributed by atoms with Crippen LogP contribution in [0.3, 0.4) is 0 Å². The van der Waals surface area contributed by atoms with Crippen LogP contribution in [0.5, 0.6) is 0 Å². The van der Waals surface area contributed by atoms with Crippen molar-refractivity contribution in [3.63, 3.8) is 0 Å². The van der Waals surface area contributed by atoms with Gasteiger partial charge in [0.15, 0.2) is 0 Å². The molecule has 0 aliphatic rings. The number of nitrogens with zero attached hydrogens (tertiary/aromatic N) is 1. The Morgan fingerprint density at radius 3 is 2.75 bits per heavy atom. The lowest BCUT2D eigenvalue weighted by Gasteiger charge is -2.16. The van der Waals surface area contributed by atoms with Crippen LogP contribution >= 0.6 is 0 Å². The third kappa shape index (κ3) is 4.13. The maximum atomic E-state index is 11.0. The van der Waals surface area contributed by atoms with E-state index >= 15 is 0 Å². The number of likely N-dealkylation sites (N-methyl/N-ethyl adjacent to an activating group) is 1. The highest BCUT2D eigenvalue weighted by atomic mass is 16.2. The summed E-state index contributed by atoms with van der Waals surface area (Å²) >= 11 is 0. The van der Waals surface area contributed by atoms with Gasteiger partial charge in [-0.25, -0.2) is 0 Å². The van der Waals surface area contributed by atoms with E-state index in [1.165, 1.54) is 6.08 Å². The second kappa shape index (κ2) is 5.77. The third-order valence-corrected chi connectivity index (χ3v) is 1.91. The molecule has 0 saturated carbocycles. The summed E-state index contributed by atoms with van der Waals surface area (Å²) in [6, 6.07) is 0. The summed E-state index contributed by atoms with van der Waals surface area (Å²) in [6.45, 7) is 6.92. The first-order valence-electron chi connectivity index (χ1n) is 4.19. The Balaban J connectivity index is 3.63. The highest BCUT2D eigenvalue weighted by Crippen LogP contribution is 2.00. The van der Waals surface area contributed by atoms with Gasteiger partial charge in [0.2, 0.25) is 5.91 Å². The van der Waals surface area contributed by atoms with E-state index in [2.05, 4.69) is 13.5 Å². The van der Waals surface area contributed by atoms with Crippen molar-refractivity contribution in [2.24, 2.45) is 11.7 Å². The molecule has 0 heterocycles. The summed E-state index contributed by atoms with van der Waals surface area (Å²) < 4.78 is 0. The van der Waals surface area contributed by atoms with Crippen molar-refractivity contribution in [1.82, 2.24) is 4.90 Å². The monoisotopic (exact) mass is 170 g/mol. The van der Waals surface area contributed by atoms with Crippen molar-refractivity contribution in [1.29, 1.82) is 0 Å². The van der Waals surface area contributed by atoms with Crippen LogP contribution < -0.4 is 5.73 Å². The Labute approximate surface area is 74.2 Å². The average molecular weight is 170 g/mol. The topological polar surface area (TPSA) is 46.3 Å². The van der Waals surface area contributed by atoms with Gasteiger partial charge in [0, 0.05) is 13.6 Å². The molecule has 0 aromatic rings. The first-order chi connectivity index (χ1) is 5.61. The molecule has 0 spiro atoms. The van der Waals surface area contributed by atoms with Gasteiger partial charge < -0.3 is 10.6 Å². The number of hydrogen-bond acceptors (Lipinski definition) is 2. The number of carbonyl (C=O) groups is 1. The SMILES string of the molecule is C=CC(=O)N(C)CCC(C)CN. The molecule has 1 unspecified atom stereocenters. The van der Waals surface area contributed by atoms with Crippen LogP contribution in [0, 0.1) is 5.92 Å². The van der Waals surface area contributed by atoms with Gasteiger partial charge in [-0.3, -0.25) is 4.79 Å². The zero-order valence-electron chi connectivity index (χ0n) is 7.92.